The first-order chi connectivity index (χ1) is 13.1. The number of benzene rings is 1. The van der Waals surface area contributed by atoms with Crippen LogP contribution < -0.4 is 5.32 Å². The van der Waals surface area contributed by atoms with E-state index in [-0.39, 0.29) is 11.3 Å². The largest absolute Gasteiger partial charge is 0.433 e. The Kier molecular flexibility index (Phi) is 5.76. The molecule has 2 aromatic heterocycles. The van der Waals surface area contributed by atoms with E-state index in [1.54, 1.807) is 17.4 Å². The van der Waals surface area contributed by atoms with Gasteiger partial charge >= 0.3 is 6.18 Å². The first-order valence-electron chi connectivity index (χ1n) is 8.20. The van der Waals surface area contributed by atoms with Crippen molar-refractivity contribution in [3.63, 3.8) is 0 Å². The van der Waals surface area contributed by atoms with Crippen molar-refractivity contribution in [2.75, 3.05) is 5.32 Å². The predicted molar refractivity (Wildman–Crippen MR) is 104 cm³/mol. The van der Waals surface area contributed by atoms with Crippen molar-refractivity contribution >= 4 is 34.7 Å². The molecule has 3 aromatic rings. The highest BCUT2D eigenvalue weighted by Gasteiger charge is 2.33. The first-order valence-corrected chi connectivity index (χ1v) is 9.90. The Hall–Kier alpha value is -2.39. The molecule has 1 amide bonds. The summed E-state index contributed by atoms with van der Waals surface area (Å²) in [4.78, 5) is 21.4. The molecule has 2 heterocycles. The van der Waals surface area contributed by atoms with Crippen LogP contribution in [0.2, 0.25) is 0 Å². The number of anilines is 1. The van der Waals surface area contributed by atoms with E-state index < -0.39 is 17.8 Å². The van der Waals surface area contributed by atoms with Gasteiger partial charge in [-0.1, -0.05) is 11.8 Å². The number of hydrogen-bond donors (Lipinski definition) is 1. The van der Waals surface area contributed by atoms with E-state index in [1.165, 1.54) is 18.7 Å². The highest BCUT2D eigenvalue weighted by molar-refractivity contribution is 8.01. The molecule has 146 valence electrons. The van der Waals surface area contributed by atoms with Crippen molar-refractivity contribution in [3.05, 3.63) is 63.9 Å². The van der Waals surface area contributed by atoms with Gasteiger partial charge in [0.05, 0.1) is 11.3 Å². The average molecular weight is 423 g/mol. The summed E-state index contributed by atoms with van der Waals surface area (Å²) >= 11 is 3.09. The number of hydrogen-bond acceptors (Lipinski definition) is 5. The fraction of sp³-hybridized carbons (Fsp3) is 0.211. The summed E-state index contributed by atoms with van der Waals surface area (Å²) in [6, 6.07) is 7.51. The summed E-state index contributed by atoms with van der Waals surface area (Å²) in [7, 11) is 0. The monoisotopic (exact) mass is 423 g/mol. The zero-order valence-electron chi connectivity index (χ0n) is 15.2. The number of carbonyl (C=O) groups excluding carboxylic acids is 1. The summed E-state index contributed by atoms with van der Waals surface area (Å²) in [6.45, 7) is 5.17. The normalized spacial score (nSPS) is 11.5. The molecule has 0 saturated heterocycles. The smallest absolute Gasteiger partial charge is 0.322 e. The van der Waals surface area contributed by atoms with Gasteiger partial charge in [0.25, 0.3) is 5.91 Å². The third-order valence-corrected chi connectivity index (χ3v) is 5.92. The number of halogens is 3. The molecule has 0 spiro atoms. The second-order valence-electron chi connectivity index (χ2n) is 6.11. The minimum absolute atomic E-state index is 0.0243. The van der Waals surface area contributed by atoms with Crippen molar-refractivity contribution in [2.45, 2.75) is 36.2 Å². The average Bonchev–Trinajstić information content (AvgIpc) is 3.01. The number of alkyl halides is 3. The van der Waals surface area contributed by atoms with Gasteiger partial charge in [0.1, 0.15) is 5.69 Å². The van der Waals surface area contributed by atoms with Crippen molar-refractivity contribution in [2.24, 2.45) is 0 Å². The molecule has 0 aliphatic heterocycles. The van der Waals surface area contributed by atoms with Gasteiger partial charge in [-0.3, -0.25) is 4.79 Å². The number of nitrogens with one attached hydrogen (secondary N) is 1. The maximum Gasteiger partial charge on any atom is 0.433 e. The number of thiazole rings is 1. The number of amides is 1. The van der Waals surface area contributed by atoms with Gasteiger partial charge in [-0.2, -0.15) is 13.2 Å². The molecule has 0 aliphatic rings. The molecular formula is C19H16F3N3OS2. The molecule has 0 radical (unpaired) electrons. The second-order valence-corrected chi connectivity index (χ2v) is 8.29. The van der Waals surface area contributed by atoms with Crippen molar-refractivity contribution in [1.29, 1.82) is 0 Å². The molecule has 0 atom stereocenters. The third-order valence-electron chi connectivity index (χ3n) is 3.87. The maximum atomic E-state index is 12.7. The summed E-state index contributed by atoms with van der Waals surface area (Å²) < 4.78 is 39.1. The molecule has 1 aromatic carbocycles. The van der Waals surface area contributed by atoms with Crippen LogP contribution >= 0.6 is 23.1 Å². The minimum Gasteiger partial charge on any atom is -0.322 e. The lowest BCUT2D eigenvalue weighted by Gasteiger charge is -2.12. The second kappa shape index (κ2) is 7.92. The number of aryl methyl sites for hydroxylation is 3. The van der Waals surface area contributed by atoms with E-state index in [1.807, 2.05) is 31.4 Å². The summed E-state index contributed by atoms with van der Waals surface area (Å²) in [5.74, 6) is -0.502. The van der Waals surface area contributed by atoms with Crippen molar-refractivity contribution in [1.82, 2.24) is 9.97 Å². The van der Waals surface area contributed by atoms with E-state index in [9.17, 15) is 18.0 Å². The standard InChI is InChI=1S/C19H16F3N3OS2/c1-10-8-13(28-18-23-11(2)9-27-18)4-6-15(10)25-17(26)14-5-7-16(19(20,21)22)24-12(14)3/h4-9H,1-3H3,(H,25,26). The van der Waals surface area contributed by atoms with Gasteiger partial charge in [-0.05, 0) is 56.7 Å². The zero-order valence-corrected chi connectivity index (χ0v) is 16.9. The van der Waals surface area contributed by atoms with Crippen LogP contribution in [0.1, 0.15) is 33.0 Å². The van der Waals surface area contributed by atoms with Crippen LogP contribution in [-0.4, -0.2) is 15.9 Å². The maximum absolute atomic E-state index is 12.7. The molecule has 0 aliphatic carbocycles. The fourth-order valence-corrected chi connectivity index (χ4v) is 4.38. The van der Waals surface area contributed by atoms with E-state index in [2.05, 4.69) is 15.3 Å². The molecule has 3 rings (SSSR count). The van der Waals surface area contributed by atoms with E-state index in [0.29, 0.717) is 5.69 Å². The number of carbonyl (C=O) groups is 1. The lowest BCUT2D eigenvalue weighted by Crippen LogP contribution is -2.17. The van der Waals surface area contributed by atoms with Crippen LogP contribution in [0.15, 0.2) is 44.9 Å². The Labute approximate surface area is 168 Å². The lowest BCUT2D eigenvalue weighted by molar-refractivity contribution is -0.141. The molecule has 1 N–H and O–H groups in total. The number of pyridine rings is 1. The van der Waals surface area contributed by atoms with Crippen LogP contribution in [0.5, 0.6) is 0 Å². The molecule has 9 heteroatoms. The summed E-state index contributed by atoms with van der Waals surface area (Å²) in [5.41, 5.74) is 1.50. The van der Waals surface area contributed by atoms with Gasteiger partial charge in [-0.25, -0.2) is 9.97 Å². The van der Waals surface area contributed by atoms with Crippen LogP contribution in [0.25, 0.3) is 0 Å². The van der Waals surface area contributed by atoms with Gasteiger partial charge < -0.3 is 5.32 Å². The van der Waals surface area contributed by atoms with Gasteiger partial charge in [-0.15, -0.1) is 11.3 Å². The molecule has 0 unspecified atom stereocenters. The van der Waals surface area contributed by atoms with Crippen molar-refractivity contribution < 1.29 is 18.0 Å². The third kappa shape index (κ3) is 4.71. The summed E-state index contributed by atoms with van der Waals surface area (Å²) in [6.07, 6.45) is -4.54. The number of nitrogens with zero attached hydrogens (tertiary/aromatic N) is 2. The van der Waals surface area contributed by atoms with E-state index in [4.69, 9.17) is 0 Å². The number of rotatable bonds is 4. The molecule has 0 bridgehead atoms. The van der Waals surface area contributed by atoms with Crippen LogP contribution in [0.4, 0.5) is 18.9 Å². The van der Waals surface area contributed by atoms with Crippen LogP contribution in [0.3, 0.4) is 0 Å². The topological polar surface area (TPSA) is 54.9 Å². The van der Waals surface area contributed by atoms with Crippen LogP contribution in [0, 0.1) is 20.8 Å². The first kappa shape index (κ1) is 20.3. The Morgan fingerprint density at radius 2 is 1.86 bits per heavy atom. The quantitative estimate of drug-likeness (QED) is 0.569. The minimum atomic E-state index is -4.54. The van der Waals surface area contributed by atoms with Crippen molar-refractivity contribution in [3.8, 4) is 0 Å². The highest BCUT2D eigenvalue weighted by Crippen LogP contribution is 2.32. The highest BCUT2D eigenvalue weighted by atomic mass is 32.2. The molecule has 28 heavy (non-hydrogen) atoms. The molecule has 0 saturated carbocycles. The van der Waals surface area contributed by atoms with Gasteiger partial charge in [0.15, 0.2) is 4.34 Å². The zero-order chi connectivity index (χ0) is 20.5. The summed E-state index contributed by atoms with van der Waals surface area (Å²) in [5, 5.41) is 4.71. The van der Waals surface area contributed by atoms with E-state index in [0.717, 1.165) is 32.6 Å². The van der Waals surface area contributed by atoms with Gasteiger partial charge in [0, 0.05) is 21.7 Å². The molecule has 0 fully saturated rings. The lowest BCUT2D eigenvalue weighted by atomic mass is 10.1. The van der Waals surface area contributed by atoms with Crippen LogP contribution in [-0.2, 0) is 6.18 Å². The fourth-order valence-electron chi connectivity index (χ4n) is 2.47. The van der Waals surface area contributed by atoms with E-state index >= 15 is 0 Å². The SMILES string of the molecule is Cc1csc(Sc2ccc(NC(=O)c3ccc(C(F)(F)F)nc3C)c(C)c2)n1. The Balaban J connectivity index is 1.75. The Morgan fingerprint density at radius 1 is 1.11 bits per heavy atom. The molecular weight excluding hydrogens is 407 g/mol. The predicted octanol–water partition coefficient (Wildman–Crippen LogP) is 5.89. The Morgan fingerprint density at radius 3 is 2.43 bits per heavy atom. The Bertz CT molecular complexity index is 1030. The number of aromatic nitrogens is 2. The molecule has 4 nitrogen and oxygen atoms in total. The van der Waals surface area contributed by atoms with Gasteiger partial charge in [0.2, 0.25) is 0 Å².